The molecule has 0 aromatic carbocycles. The fraction of sp³-hybridized carbons (Fsp3) is 0.750. The van der Waals surface area contributed by atoms with Crippen molar-refractivity contribution in [1.29, 1.82) is 0 Å². The number of nitrogens with zero attached hydrogens (tertiary/aromatic N) is 1. The number of hydroxylamine groups is 1. The molecule has 0 aliphatic rings. The van der Waals surface area contributed by atoms with Crippen LogP contribution in [0.4, 0.5) is 4.79 Å². The molecule has 0 heterocycles. The highest BCUT2D eigenvalue weighted by atomic mass is 16.7. The summed E-state index contributed by atoms with van der Waals surface area (Å²) < 4.78 is 0. The molecule has 2 amide bonds. The van der Waals surface area contributed by atoms with Crippen LogP contribution in [-0.2, 0) is 9.63 Å². The number of hydrogen-bond donors (Lipinski definition) is 3. The Morgan fingerprint density at radius 2 is 2.00 bits per heavy atom. The number of nitrogens with one attached hydrogen (secondary N) is 1. The molecule has 3 N–H and O–H groups in total. The summed E-state index contributed by atoms with van der Waals surface area (Å²) in [6.45, 7) is 2.60. The summed E-state index contributed by atoms with van der Waals surface area (Å²) >= 11 is 0. The maximum atomic E-state index is 11.2. The number of carboxylic acids is 1. The van der Waals surface area contributed by atoms with E-state index in [0.29, 0.717) is 0 Å². The van der Waals surface area contributed by atoms with E-state index in [2.05, 4.69) is 4.84 Å². The summed E-state index contributed by atoms with van der Waals surface area (Å²) in [4.78, 5) is 26.8. The van der Waals surface area contributed by atoms with Crippen LogP contribution >= 0.6 is 0 Å². The van der Waals surface area contributed by atoms with E-state index in [1.165, 1.54) is 11.9 Å². The van der Waals surface area contributed by atoms with E-state index in [1.807, 2.05) is 5.48 Å². The number of hydrogen-bond acceptors (Lipinski definition) is 4. The molecule has 0 saturated heterocycles. The zero-order chi connectivity index (χ0) is 12.1. The quantitative estimate of drug-likeness (QED) is 0.538. The standard InChI is InChI=1S/C8H16N2O5/c1-8(2,14)5-10(3)7(13)9-15-4-6(11)12/h14H,4-5H2,1-3H3,(H,9,13)(H,11,12). The Hall–Kier alpha value is -1.34. The van der Waals surface area contributed by atoms with Gasteiger partial charge in [-0.1, -0.05) is 0 Å². The van der Waals surface area contributed by atoms with Crippen LogP contribution in [0.15, 0.2) is 0 Å². The first kappa shape index (κ1) is 13.7. The van der Waals surface area contributed by atoms with E-state index in [4.69, 9.17) is 5.11 Å². The molecule has 0 saturated carbocycles. The Morgan fingerprint density at radius 3 is 2.40 bits per heavy atom. The fourth-order valence-corrected chi connectivity index (χ4v) is 0.890. The van der Waals surface area contributed by atoms with Crippen molar-refractivity contribution >= 4 is 12.0 Å². The number of rotatable bonds is 5. The average molecular weight is 220 g/mol. The van der Waals surface area contributed by atoms with E-state index < -0.39 is 24.2 Å². The van der Waals surface area contributed by atoms with Crippen molar-refractivity contribution in [1.82, 2.24) is 10.4 Å². The zero-order valence-electron chi connectivity index (χ0n) is 8.98. The molecule has 0 rings (SSSR count). The molecule has 0 aromatic heterocycles. The average Bonchev–Trinajstić information content (AvgIpc) is 1.99. The number of urea groups is 1. The van der Waals surface area contributed by atoms with Gasteiger partial charge in [0, 0.05) is 7.05 Å². The predicted octanol–water partition coefficient (Wildman–Crippen LogP) is -0.585. The van der Waals surface area contributed by atoms with Crippen molar-refractivity contribution < 1.29 is 24.6 Å². The lowest BCUT2D eigenvalue weighted by Gasteiger charge is -2.25. The molecule has 7 nitrogen and oxygen atoms in total. The molecular formula is C8H16N2O5. The number of carboxylic acid groups (broad SMARTS) is 1. The van der Waals surface area contributed by atoms with Crippen molar-refractivity contribution in [2.75, 3.05) is 20.2 Å². The summed E-state index contributed by atoms with van der Waals surface area (Å²) in [5.41, 5.74) is 0.916. The van der Waals surface area contributed by atoms with Crippen molar-refractivity contribution in [3.8, 4) is 0 Å². The second-order valence-corrected chi connectivity index (χ2v) is 3.76. The van der Waals surface area contributed by atoms with Gasteiger partial charge in [0.05, 0.1) is 12.1 Å². The van der Waals surface area contributed by atoms with Gasteiger partial charge in [0.25, 0.3) is 0 Å². The lowest BCUT2D eigenvalue weighted by atomic mass is 10.1. The minimum Gasteiger partial charge on any atom is -0.479 e. The van der Waals surface area contributed by atoms with Crippen LogP contribution in [-0.4, -0.2) is 52.9 Å². The number of aliphatic hydroxyl groups is 1. The molecule has 0 aromatic rings. The van der Waals surface area contributed by atoms with Crippen LogP contribution in [0.2, 0.25) is 0 Å². The first-order valence-corrected chi connectivity index (χ1v) is 4.29. The highest BCUT2D eigenvalue weighted by molar-refractivity contribution is 5.73. The number of likely N-dealkylation sites (N-methyl/N-ethyl adjacent to an activating group) is 1. The van der Waals surface area contributed by atoms with Crippen LogP contribution in [0.1, 0.15) is 13.8 Å². The molecule has 0 bridgehead atoms. The summed E-state index contributed by atoms with van der Waals surface area (Å²) in [6, 6.07) is -0.613. The molecule has 0 radical (unpaired) electrons. The normalized spacial score (nSPS) is 10.9. The van der Waals surface area contributed by atoms with Gasteiger partial charge < -0.3 is 15.1 Å². The highest BCUT2D eigenvalue weighted by Crippen LogP contribution is 2.02. The minimum atomic E-state index is -1.18. The van der Waals surface area contributed by atoms with Gasteiger partial charge in [0.1, 0.15) is 0 Å². The zero-order valence-corrected chi connectivity index (χ0v) is 8.98. The SMILES string of the molecule is CN(CC(C)(C)O)C(=O)NOCC(=O)O. The van der Waals surface area contributed by atoms with Gasteiger partial charge in [-0.25, -0.2) is 15.1 Å². The number of amides is 2. The van der Waals surface area contributed by atoms with Gasteiger partial charge in [-0.15, -0.1) is 0 Å². The number of carbonyl (C=O) groups excluding carboxylic acids is 1. The summed E-state index contributed by atoms with van der Waals surface area (Å²) in [7, 11) is 1.46. The highest BCUT2D eigenvalue weighted by Gasteiger charge is 2.19. The molecule has 88 valence electrons. The van der Waals surface area contributed by atoms with Crippen LogP contribution in [0.3, 0.4) is 0 Å². The Kier molecular flexibility index (Phi) is 5.03. The molecule has 0 spiro atoms. The first-order valence-electron chi connectivity index (χ1n) is 4.29. The third-order valence-corrected chi connectivity index (χ3v) is 1.33. The van der Waals surface area contributed by atoms with Crippen LogP contribution < -0.4 is 5.48 Å². The summed E-state index contributed by atoms with van der Waals surface area (Å²) in [6.07, 6.45) is 0. The molecule has 0 aliphatic carbocycles. The van der Waals surface area contributed by atoms with E-state index in [1.54, 1.807) is 13.8 Å². The number of carbonyl (C=O) groups is 2. The summed E-state index contributed by atoms with van der Waals surface area (Å²) in [5.74, 6) is -1.18. The maximum Gasteiger partial charge on any atom is 0.341 e. The minimum absolute atomic E-state index is 0.106. The van der Waals surface area contributed by atoms with Gasteiger partial charge in [-0.2, -0.15) is 0 Å². The number of aliphatic carboxylic acids is 1. The van der Waals surface area contributed by atoms with Crippen LogP contribution in [0.25, 0.3) is 0 Å². The molecular weight excluding hydrogens is 204 g/mol. The Bertz CT molecular complexity index is 236. The molecule has 0 unspecified atom stereocenters. The van der Waals surface area contributed by atoms with E-state index in [-0.39, 0.29) is 6.54 Å². The van der Waals surface area contributed by atoms with E-state index in [9.17, 15) is 14.7 Å². The first-order chi connectivity index (χ1) is 6.72. The van der Waals surface area contributed by atoms with E-state index >= 15 is 0 Å². The van der Waals surface area contributed by atoms with Crippen molar-refractivity contribution in [2.45, 2.75) is 19.4 Å². The Morgan fingerprint density at radius 1 is 1.47 bits per heavy atom. The second-order valence-electron chi connectivity index (χ2n) is 3.76. The fourth-order valence-electron chi connectivity index (χ4n) is 0.890. The monoisotopic (exact) mass is 220 g/mol. The topological polar surface area (TPSA) is 99.1 Å². The van der Waals surface area contributed by atoms with Crippen molar-refractivity contribution in [3.05, 3.63) is 0 Å². The molecule has 7 heteroatoms. The van der Waals surface area contributed by atoms with Crippen LogP contribution in [0.5, 0.6) is 0 Å². The van der Waals surface area contributed by atoms with Crippen molar-refractivity contribution in [3.63, 3.8) is 0 Å². The van der Waals surface area contributed by atoms with E-state index in [0.717, 1.165) is 0 Å². The maximum absolute atomic E-state index is 11.2. The van der Waals surface area contributed by atoms with Gasteiger partial charge in [-0.3, -0.25) is 4.84 Å². The third kappa shape index (κ3) is 7.71. The molecule has 0 atom stereocenters. The summed E-state index contributed by atoms with van der Waals surface area (Å²) in [5, 5.41) is 17.6. The second kappa shape index (κ2) is 5.52. The van der Waals surface area contributed by atoms with Gasteiger partial charge in [0.2, 0.25) is 0 Å². The lowest BCUT2D eigenvalue weighted by Crippen LogP contribution is -2.44. The largest absolute Gasteiger partial charge is 0.479 e. The molecule has 0 fully saturated rings. The van der Waals surface area contributed by atoms with Crippen LogP contribution in [0, 0.1) is 0 Å². The Balaban J connectivity index is 3.85. The Labute approximate surface area is 87.6 Å². The smallest absolute Gasteiger partial charge is 0.341 e. The van der Waals surface area contributed by atoms with Gasteiger partial charge >= 0.3 is 12.0 Å². The van der Waals surface area contributed by atoms with Gasteiger partial charge in [-0.05, 0) is 13.8 Å². The van der Waals surface area contributed by atoms with Gasteiger partial charge in [0.15, 0.2) is 6.61 Å². The predicted molar refractivity (Wildman–Crippen MR) is 51.0 cm³/mol. The molecule has 0 aliphatic heterocycles. The van der Waals surface area contributed by atoms with Crippen molar-refractivity contribution in [2.24, 2.45) is 0 Å². The molecule has 15 heavy (non-hydrogen) atoms. The lowest BCUT2D eigenvalue weighted by molar-refractivity contribution is -0.144. The third-order valence-electron chi connectivity index (χ3n) is 1.33.